The van der Waals surface area contributed by atoms with Gasteiger partial charge in [0.05, 0.1) is 12.1 Å². The smallest absolute Gasteiger partial charge is 0.222 e. The molecule has 1 aliphatic rings. The maximum absolute atomic E-state index is 6.38. The van der Waals surface area contributed by atoms with E-state index in [1.807, 2.05) is 22.9 Å². The molecular formula is C15H13ClN4S. The maximum atomic E-state index is 6.38. The SMILES string of the molecule is Clc1ccccc1[C@H]1C[C@@H](c2cccs2)Nc2ncnn21. The van der Waals surface area contributed by atoms with Crippen molar-refractivity contribution in [1.82, 2.24) is 14.8 Å². The van der Waals surface area contributed by atoms with Crippen LogP contribution in [0.2, 0.25) is 5.02 Å². The summed E-state index contributed by atoms with van der Waals surface area (Å²) in [7, 11) is 0. The third kappa shape index (κ3) is 2.22. The summed E-state index contributed by atoms with van der Waals surface area (Å²) in [4.78, 5) is 5.63. The van der Waals surface area contributed by atoms with Gasteiger partial charge in [-0.2, -0.15) is 10.1 Å². The van der Waals surface area contributed by atoms with Crippen molar-refractivity contribution >= 4 is 28.9 Å². The predicted octanol–water partition coefficient (Wildman–Crippen LogP) is 4.14. The largest absolute Gasteiger partial charge is 0.347 e. The molecule has 3 aromatic rings. The zero-order chi connectivity index (χ0) is 14.2. The third-order valence-corrected chi connectivity index (χ3v) is 5.11. The molecule has 0 aliphatic carbocycles. The standard InChI is InChI=1S/C15H13ClN4S/c16-11-5-2-1-4-10(11)13-8-12(14-6-3-7-21-14)19-15-17-9-18-20(13)15/h1-7,9,12-13H,8H2,(H,17,18,19)/t12-,13+/m0/s1. The van der Waals surface area contributed by atoms with Gasteiger partial charge in [-0.25, -0.2) is 4.68 Å². The van der Waals surface area contributed by atoms with E-state index in [1.165, 1.54) is 4.88 Å². The fourth-order valence-corrected chi connectivity index (χ4v) is 3.85. The predicted molar refractivity (Wildman–Crippen MR) is 84.9 cm³/mol. The highest BCUT2D eigenvalue weighted by Crippen LogP contribution is 2.40. The highest BCUT2D eigenvalue weighted by atomic mass is 35.5. The maximum Gasteiger partial charge on any atom is 0.222 e. The van der Waals surface area contributed by atoms with Gasteiger partial charge in [-0.15, -0.1) is 11.3 Å². The topological polar surface area (TPSA) is 42.7 Å². The highest BCUT2D eigenvalue weighted by molar-refractivity contribution is 7.10. The van der Waals surface area contributed by atoms with Crippen molar-refractivity contribution < 1.29 is 0 Å². The van der Waals surface area contributed by atoms with Crippen molar-refractivity contribution in [2.75, 3.05) is 5.32 Å². The monoisotopic (exact) mass is 316 g/mol. The Morgan fingerprint density at radius 2 is 2.14 bits per heavy atom. The van der Waals surface area contributed by atoms with E-state index >= 15 is 0 Å². The van der Waals surface area contributed by atoms with E-state index < -0.39 is 0 Å². The Kier molecular flexibility index (Phi) is 3.16. The number of hydrogen-bond acceptors (Lipinski definition) is 4. The minimum atomic E-state index is 0.101. The van der Waals surface area contributed by atoms with Gasteiger partial charge in [0.25, 0.3) is 0 Å². The van der Waals surface area contributed by atoms with Gasteiger partial charge in [-0.05, 0) is 29.5 Å². The van der Waals surface area contributed by atoms with Crippen LogP contribution in [0.5, 0.6) is 0 Å². The molecule has 2 atom stereocenters. The summed E-state index contributed by atoms with van der Waals surface area (Å²) in [6, 6.07) is 12.5. The molecule has 106 valence electrons. The first-order valence-electron chi connectivity index (χ1n) is 6.77. The molecule has 1 N–H and O–H groups in total. The van der Waals surface area contributed by atoms with Gasteiger partial charge in [0, 0.05) is 9.90 Å². The van der Waals surface area contributed by atoms with Gasteiger partial charge < -0.3 is 5.32 Å². The molecule has 4 rings (SSSR count). The van der Waals surface area contributed by atoms with Crippen LogP contribution in [-0.2, 0) is 0 Å². The molecule has 0 bridgehead atoms. The number of fused-ring (bicyclic) bond motifs is 1. The normalized spacial score (nSPS) is 20.8. The lowest BCUT2D eigenvalue weighted by molar-refractivity contribution is 0.433. The lowest BCUT2D eigenvalue weighted by atomic mass is 9.97. The van der Waals surface area contributed by atoms with Gasteiger partial charge in [0.15, 0.2) is 0 Å². The third-order valence-electron chi connectivity index (χ3n) is 3.78. The second kappa shape index (κ2) is 5.16. The molecule has 0 fully saturated rings. The minimum Gasteiger partial charge on any atom is -0.347 e. The first kappa shape index (κ1) is 12.9. The molecule has 4 nitrogen and oxygen atoms in total. The highest BCUT2D eigenvalue weighted by Gasteiger charge is 2.31. The molecule has 2 aromatic heterocycles. The van der Waals surface area contributed by atoms with Gasteiger partial charge in [0.2, 0.25) is 5.95 Å². The number of halogens is 1. The molecule has 0 saturated carbocycles. The van der Waals surface area contributed by atoms with E-state index in [0.717, 1.165) is 23.0 Å². The molecule has 0 spiro atoms. The zero-order valence-electron chi connectivity index (χ0n) is 11.1. The summed E-state index contributed by atoms with van der Waals surface area (Å²) < 4.78 is 1.92. The number of rotatable bonds is 2. The van der Waals surface area contributed by atoms with Crippen LogP contribution in [0.25, 0.3) is 0 Å². The van der Waals surface area contributed by atoms with Crippen LogP contribution < -0.4 is 5.32 Å². The summed E-state index contributed by atoms with van der Waals surface area (Å²) >= 11 is 8.14. The minimum absolute atomic E-state index is 0.101. The fraction of sp³-hybridized carbons (Fsp3) is 0.200. The number of aromatic nitrogens is 3. The average Bonchev–Trinajstić information content (AvgIpc) is 3.18. The molecular weight excluding hydrogens is 304 g/mol. The van der Waals surface area contributed by atoms with Crippen LogP contribution >= 0.6 is 22.9 Å². The second-order valence-corrected chi connectivity index (χ2v) is 6.40. The molecule has 6 heteroatoms. The molecule has 3 heterocycles. The van der Waals surface area contributed by atoms with Crippen LogP contribution in [-0.4, -0.2) is 14.8 Å². The van der Waals surface area contributed by atoms with Gasteiger partial charge >= 0.3 is 0 Å². The first-order valence-corrected chi connectivity index (χ1v) is 8.02. The molecule has 21 heavy (non-hydrogen) atoms. The van der Waals surface area contributed by atoms with E-state index in [2.05, 4.69) is 39.0 Å². The van der Waals surface area contributed by atoms with Gasteiger partial charge in [0.1, 0.15) is 6.33 Å². The van der Waals surface area contributed by atoms with Crippen molar-refractivity contribution in [3.8, 4) is 0 Å². The van der Waals surface area contributed by atoms with Crippen LogP contribution in [0.3, 0.4) is 0 Å². The summed E-state index contributed by atoms with van der Waals surface area (Å²) in [6.07, 6.45) is 2.49. The van der Waals surface area contributed by atoms with Gasteiger partial charge in [-0.3, -0.25) is 0 Å². The summed E-state index contributed by atoms with van der Waals surface area (Å²) in [6.45, 7) is 0. The Balaban J connectivity index is 1.78. The van der Waals surface area contributed by atoms with Crippen molar-refractivity contribution in [3.05, 3.63) is 63.6 Å². The van der Waals surface area contributed by atoms with Crippen molar-refractivity contribution in [2.45, 2.75) is 18.5 Å². The molecule has 0 saturated heterocycles. The zero-order valence-corrected chi connectivity index (χ0v) is 12.7. The van der Waals surface area contributed by atoms with E-state index in [4.69, 9.17) is 11.6 Å². The van der Waals surface area contributed by atoms with Crippen molar-refractivity contribution in [2.24, 2.45) is 0 Å². The second-order valence-electron chi connectivity index (χ2n) is 5.01. The average molecular weight is 317 g/mol. The van der Waals surface area contributed by atoms with E-state index in [9.17, 15) is 0 Å². The molecule has 1 aliphatic heterocycles. The summed E-state index contributed by atoms with van der Waals surface area (Å²) in [5.74, 6) is 0.796. The molecule has 1 aromatic carbocycles. The van der Waals surface area contributed by atoms with Crippen LogP contribution in [0.4, 0.5) is 5.95 Å². The van der Waals surface area contributed by atoms with Crippen molar-refractivity contribution in [3.63, 3.8) is 0 Å². The van der Waals surface area contributed by atoms with E-state index in [-0.39, 0.29) is 12.1 Å². The van der Waals surface area contributed by atoms with E-state index in [1.54, 1.807) is 17.7 Å². The lowest BCUT2D eigenvalue weighted by Gasteiger charge is -2.31. The number of benzene rings is 1. The molecule has 0 amide bonds. The van der Waals surface area contributed by atoms with Crippen LogP contribution in [0, 0.1) is 0 Å². The number of hydrogen-bond donors (Lipinski definition) is 1. The van der Waals surface area contributed by atoms with Crippen LogP contribution in [0.15, 0.2) is 48.1 Å². The number of nitrogens with zero attached hydrogens (tertiary/aromatic N) is 3. The van der Waals surface area contributed by atoms with E-state index in [0.29, 0.717) is 0 Å². The summed E-state index contributed by atoms with van der Waals surface area (Å²) in [5.41, 5.74) is 1.09. The Hall–Kier alpha value is -1.85. The lowest BCUT2D eigenvalue weighted by Crippen LogP contribution is -2.27. The Bertz CT molecular complexity index is 753. The fourth-order valence-electron chi connectivity index (χ4n) is 2.80. The first-order chi connectivity index (χ1) is 10.3. The number of nitrogens with one attached hydrogen (secondary N) is 1. The number of anilines is 1. The van der Waals surface area contributed by atoms with Gasteiger partial charge in [-0.1, -0.05) is 35.9 Å². The number of thiophene rings is 1. The Labute approximate surface area is 131 Å². The Morgan fingerprint density at radius 3 is 2.95 bits per heavy atom. The molecule has 0 unspecified atom stereocenters. The quantitative estimate of drug-likeness (QED) is 0.772. The summed E-state index contributed by atoms with van der Waals surface area (Å²) in [5, 5.41) is 10.7. The molecule has 0 radical (unpaired) electrons. The Morgan fingerprint density at radius 1 is 1.24 bits per heavy atom. The van der Waals surface area contributed by atoms with Crippen LogP contribution in [0.1, 0.15) is 28.9 Å². The van der Waals surface area contributed by atoms with Crippen molar-refractivity contribution in [1.29, 1.82) is 0 Å².